The number of fused-ring (bicyclic) bond motifs is 1. The number of hydrogen-bond acceptors (Lipinski definition) is 3. The number of hydrogen-bond donors (Lipinski definition) is 1. The van der Waals surface area contributed by atoms with Crippen LogP contribution in [0.5, 0.6) is 5.75 Å². The summed E-state index contributed by atoms with van der Waals surface area (Å²) in [4.78, 5) is 0. The van der Waals surface area contributed by atoms with Crippen LogP contribution in [0.1, 0.15) is 18.9 Å². The molecule has 3 nitrogen and oxygen atoms in total. The average molecular weight is 233 g/mol. The molecule has 0 bridgehead atoms. The molecule has 1 saturated heterocycles. The normalized spacial score (nSPS) is 27.4. The van der Waals surface area contributed by atoms with E-state index >= 15 is 0 Å². The molecule has 0 spiro atoms. The largest absolute Gasteiger partial charge is 0.493 e. The molecule has 2 heterocycles. The zero-order chi connectivity index (χ0) is 11.7. The van der Waals surface area contributed by atoms with Gasteiger partial charge in [0.2, 0.25) is 0 Å². The topological polar surface area (TPSA) is 30.5 Å². The highest BCUT2D eigenvalue weighted by Gasteiger charge is 2.22. The second-order valence-corrected chi connectivity index (χ2v) is 5.01. The van der Waals surface area contributed by atoms with Crippen molar-refractivity contribution >= 4 is 5.69 Å². The summed E-state index contributed by atoms with van der Waals surface area (Å²) in [7, 11) is 0. The third-order valence-corrected chi connectivity index (χ3v) is 3.68. The third-order valence-electron chi connectivity index (χ3n) is 3.68. The van der Waals surface area contributed by atoms with Crippen molar-refractivity contribution in [3.05, 3.63) is 23.8 Å². The van der Waals surface area contributed by atoms with Gasteiger partial charge in [0.15, 0.2) is 0 Å². The molecule has 1 fully saturated rings. The first kappa shape index (κ1) is 10.9. The molecule has 0 aliphatic carbocycles. The fraction of sp³-hybridized carbons (Fsp3) is 0.571. The molecule has 3 rings (SSSR count). The Morgan fingerprint density at radius 2 is 2.24 bits per heavy atom. The SMILES string of the molecule is CC1COCCC1Nc1ccc2c(c1)CCO2. The molecule has 0 aromatic heterocycles. The van der Waals surface area contributed by atoms with Crippen molar-refractivity contribution in [1.82, 2.24) is 0 Å². The molecule has 1 N–H and O–H groups in total. The quantitative estimate of drug-likeness (QED) is 0.851. The number of rotatable bonds is 2. The van der Waals surface area contributed by atoms with E-state index in [1.807, 2.05) is 0 Å². The Balaban J connectivity index is 1.72. The lowest BCUT2D eigenvalue weighted by Crippen LogP contribution is -2.35. The highest BCUT2D eigenvalue weighted by atomic mass is 16.5. The summed E-state index contributed by atoms with van der Waals surface area (Å²) in [6.07, 6.45) is 2.13. The van der Waals surface area contributed by atoms with Gasteiger partial charge in [-0.05, 0) is 36.1 Å². The predicted molar refractivity (Wildman–Crippen MR) is 67.7 cm³/mol. The first-order valence-electron chi connectivity index (χ1n) is 6.43. The number of nitrogens with one attached hydrogen (secondary N) is 1. The molecule has 2 unspecified atom stereocenters. The van der Waals surface area contributed by atoms with Gasteiger partial charge < -0.3 is 14.8 Å². The fourth-order valence-corrected chi connectivity index (χ4v) is 2.59. The van der Waals surface area contributed by atoms with Crippen molar-refractivity contribution in [1.29, 1.82) is 0 Å². The minimum Gasteiger partial charge on any atom is -0.493 e. The summed E-state index contributed by atoms with van der Waals surface area (Å²) in [6, 6.07) is 6.95. The van der Waals surface area contributed by atoms with E-state index in [4.69, 9.17) is 9.47 Å². The van der Waals surface area contributed by atoms with Gasteiger partial charge in [-0.2, -0.15) is 0 Å². The van der Waals surface area contributed by atoms with Crippen LogP contribution in [0.4, 0.5) is 5.69 Å². The molecule has 2 atom stereocenters. The van der Waals surface area contributed by atoms with E-state index < -0.39 is 0 Å². The lowest BCUT2D eigenvalue weighted by Gasteiger charge is -2.30. The number of benzene rings is 1. The highest BCUT2D eigenvalue weighted by molar-refractivity contribution is 5.53. The van der Waals surface area contributed by atoms with E-state index in [1.165, 1.54) is 11.3 Å². The Labute approximate surface area is 102 Å². The first-order chi connectivity index (χ1) is 8.33. The summed E-state index contributed by atoms with van der Waals surface area (Å²) in [5.74, 6) is 1.63. The van der Waals surface area contributed by atoms with E-state index in [0.717, 1.165) is 38.4 Å². The van der Waals surface area contributed by atoms with Crippen LogP contribution in [0.25, 0.3) is 0 Å². The molecular weight excluding hydrogens is 214 g/mol. The minimum atomic E-state index is 0.532. The Morgan fingerprint density at radius 1 is 1.29 bits per heavy atom. The van der Waals surface area contributed by atoms with Crippen LogP contribution < -0.4 is 10.1 Å². The molecule has 17 heavy (non-hydrogen) atoms. The molecule has 1 aromatic rings. The summed E-state index contributed by atoms with van der Waals surface area (Å²) in [5.41, 5.74) is 2.54. The third kappa shape index (κ3) is 2.25. The first-order valence-corrected chi connectivity index (χ1v) is 6.43. The summed E-state index contributed by atoms with van der Waals surface area (Å²) in [5, 5.41) is 3.62. The fourth-order valence-electron chi connectivity index (χ4n) is 2.59. The Bertz CT molecular complexity index is 405. The lowest BCUT2D eigenvalue weighted by atomic mass is 9.97. The maximum atomic E-state index is 5.52. The monoisotopic (exact) mass is 233 g/mol. The van der Waals surface area contributed by atoms with E-state index in [1.54, 1.807) is 0 Å². The second kappa shape index (κ2) is 4.57. The van der Waals surface area contributed by atoms with Crippen LogP contribution in [-0.2, 0) is 11.2 Å². The van der Waals surface area contributed by atoms with Gasteiger partial charge in [0.05, 0.1) is 13.2 Å². The van der Waals surface area contributed by atoms with Crippen molar-refractivity contribution in [3.8, 4) is 5.75 Å². The number of anilines is 1. The van der Waals surface area contributed by atoms with Crippen molar-refractivity contribution in [2.45, 2.75) is 25.8 Å². The lowest BCUT2D eigenvalue weighted by molar-refractivity contribution is 0.0538. The van der Waals surface area contributed by atoms with Crippen molar-refractivity contribution in [3.63, 3.8) is 0 Å². The van der Waals surface area contributed by atoms with Crippen molar-refractivity contribution in [2.24, 2.45) is 5.92 Å². The van der Waals surface area contributed by atoms with Crippen LogP contribution in [0, 0.1) is 5.92 Å². The van der Waals surface area contributed by atoms with Crippen LogP contribution in [0.15, 0.2) is 18.2 Å². The standard InChI is InChI=1S/C14H19NO2/c1-10-9-16-6-5-13(10)15-12-2-3-14-11(8-12)4-7-17-14/h2-3,8,10,13,15H,4-7,9H2,1H3. The van der Waals surface area contributed by atoms with Gasteiger partial charge >= 0.3 is 0 Å². The van der Waals surface area contributed by atoms with Gasteiger partial charge in [0, 0.05) is 24.8 Å². The summed E-state index contributed by atoms with van der Waals surface area (Å²) in [6.45, 7) is 4.81. The van der Waals surface area contributed by atoms with Crippen molar-refractivity contribution in [2.75, 3.05) is 25.1 Å². The van der Waals surface area contributed by atoms with Gasteiger partial charge in [-0.3, -0.25) is 0 Å². The van der Waals surface area contributed by atoms with Crippen LogP contribution in [-0.4, -0.2) is 25.9 Å². The zero-order valence-electron chi connectivity index (χ0n) is 10.2. The zero-order valence-corrected chi connectivity index (χ0v) is 10.2. The Hall–Kier alpha value is -1.22. The van der Waals surface area contributed by atoms with Gasteiger partial charge in [-0.1, -0.05) is 6.92 Å². The molecule has 3 heteroatoms. The molecule has 2 aliphatic rings. The second-order valence-electron chi connectivity index (χ2n) is 5.01. The smallest absolute Gasteiger partial charge is 0.122 e. The van der Waals surface area contributed by atoms with Gasteiger partial charge in [0.25, 0.3) is 0 Å². The van der Waals surface area contributed by atoms with Gasteiger partial charge in [0.1, 0.15) is 5.75 Å². The summed E-state index contributed by atoms with van der Waals surface area (Å²) >= 11 is 0. The van der Waals surface area contributed by atoms with E-state index in [9.17, 15) is 0 Å². The maximum Gasteiger partial charge on any atom is 0.122 e. The van der Waals surface area contributed by atoms with E-state index in [-0.39, 0.29) is 0 Å². The molecule has 92 valence electrons. The van der Waals surface area contributed by atoms with Crippen LogP contribution >= 0.6 is 0 Å². The highest BCUT2D eigenvalue weighted by Crippen LogP contribution is 2.29. The van der Waals surface area contributed by atoms with Crippen LogP contribution in [0.2, 0.25) is 0 Å². The predicted octanol–water partition coefficient (Wildman–Crippen LogP) is 2.46. The molecule has 0 saturated carbocycles. The van der Waals surface area contributed by atoms with Crippen LogP contribution in [0.3, 0.4) is 0 Å². The molecular formula is C14H19NO2. The minimum absolute atomic E-state index is 0.532. The molecule has 2 aliphatic heterocycles. The van der Waals surface area contributed by atoms with Gasteiger partial charge in [-0.25, -0.2) is 0 Å². The maximum absolute atomic E-state index is 5.52. The Morgan fingerprint density at radius 3 is 3.12 bits per heavy atom. The average Bonchev–Trinajstić information content (AvgIpc) is 2.79. The van der Waals surface area contributed by atoms with E-state index in [2.05, 4.69) is 30.4 Å². The van der Waals surface area contributed by atoms with Crippen molar-refractivity contribution < 1.29 is 9.47 Å². The van der Waals surface area contributed by atoms with Gasteiger partial charge in [-0.15, -0.1) is 0 Å². The summed E-state index contributed by atoms with van der Waals surface area (Å²) < 4.78 is 11.0. The molecule has 0 amide bonds. The van der Waals surface area contributed by atoms with E-state index in [0.29, 0.717) is 12.0 Å². The number of ether oxygens (including phenoxy) is 2. The molecule has 1 aromatic carbocycles. The molecule has 0 radical (unpaired) electrons. The Kier molecular flexibility index (Phi) is 2.93.